The average Bonchev–Trinajstić information content (AvgIpc) is 3.06. The van der Waals surface area contributed by atoms with Gasteiger partial charge in [0, 0.05) is 32.6 Å². The molecule has 1 aliphatic rings. The fourth-order valence-corrected chi connectivity index (χ4v) is 3.11. The van der Waals surface area contributed by atoms with Gasteiger partial charge in [-0.2, -0.15) is 0 Å². The van der Waals surface area contributed by atoms with Crippen molar-refractivity contribution < 1.29 is 4.39 Å². The first-order chi connectivity index (χ1) is 11.3. The second-order valence-electron chi connectivity index (χ2n) is 5.87. The van der Waals surface area contributed by atoms with Gasteiger partial charge in [-0.1, -0.05) is 42.5 Å². The predicted octanol–water partition coefficient (Wildman–Crippen LogP) is 4.01. The zero-order valence-corrected chi connectivity index (χ0v) is 16.1. The minimum Gasteiger partial charge on any atom is -0.352 e. The normalized spacial score (nSPS) is 17.5. The average molecular weight is 439 g/mol. The van der Waals surface area contributed by atoms with Crippen molar-refractivity contribution >= 4 is 29.9 Å². The van der Waals surface area contributed by atoms with E-state index in [2.05, 4.69) is 45.5 Å². The fraction of sp³-hybridized carbons (Fsp3) is 0.316. The van der Waals surface area contributed by atoms with Crippen molar-refractivity contribution in [3.63, 3.8) is 0 Å². The number of benzene rings is 2. The van der Waals surface area contributed by atoms with Crippen LogP contribution in [0.1, 0.15) is 23.5 Å². The molecule has 1 atom stereocenters. The predicted molar refractivity (Wildman–Crippen MR) is 107 cm³/mol. The second-order valence-corrected chi connectivity index (χ2v) is 5.87. The molecule has 2 aromatic rings. The van der Waals surface area contributed by atoms with Crippen LogP contribution >= 0.6 is 24.0 Å². The number of halogens is 2. The van der Waals surface area contributed by atoms with Crippen LogP contribution < -0.4 is 5.32 Å². The molecule has 1 N–H and O–H groups in total. The molecule has 1 fully saturated rings. The third-order valence-electron chi connectivity index (χ3n) is 4.31. The van der Waals surface area contributed by atoms with Gasteiger partial charge in [0.2, 0.25) is 0 Å². The standard InChI is InChI=1S/C19H22FN3.HI/c1-21-19(22-13-15-6-5-9-18(20)12-15)23-11-10-17(14-23)16-7-3-2-4-8-16;/h2-9,12,17H,10-11,13-14H2,1H3,(H,21,22);1H. The highest BCUT2D eigenvalue weighted by Gasteiger charge is 2.25. The largest absolute Gasteiger partial charge is 0.352 e. The van der Waals surface area contributed by atoms with Crippen LogP contribution in [0.3, 0.4) is 0 Å². The Balaban J connectivity index is 0.00000208. The number of hydrogen-bond donors (Lipinski definition) is 1. The molecule has 3 rings (SSSR count). The van der Waals surface area contributed by atoms with E-state index in [0.29, 0.717) is 12.5 Å². The van der Waals surface area contributed by atoms with E-state index in [1.807, 2.05) is 6.07 Å². The Morgan fingerprint density at radius 1 is 1.21 bits per heavy atom. The number of rotatable bonds is 3. The van der Waals surface area contributed by atoms with Gasteiger partial charge in [-0.3, -0.25) is 4.99 Å². The van der Waals surface area contributed by atoms with Crippen LogP contribution in [0.15, 0.2) is 59.6 Å². The number of likely N-dealkylation sites (tertiary alicyclic amines) is 1. The smallest absolute Gasteiger partial charge is 0.193 e. The van der Waals surface area contributed by atoms with Gasteiger partial charge in [0.15, 0.2) is 5.96 Å². The molecule has 1 unspecified atom stereocenters. The van der Waals surface area contributed by atoms with Crippen molar-refractivity contribution in [2.75, 3.05) is 20.1 Å². The summed E-state index contributed by atoms with van der Waals surface area (Å²) in [6.45, 7) is 2.53. The van der Waals surface area contributed by atoms with Gasteiger partial charge in [-0.25, -0.2) is 4.39 Å². The van der Waals surface area contributed by atoms with E-state index in [1.54, 1.807) is 19.2 Å². The first kappa shape index (κ1) is 18.7. The number of nitrogens with one attached hydrogen (secondary N) is 1. The Bertz CT molecular complexity index is 675. The summed E-state index contributed by atoms with van der Waals surface area (Å²) in [6, 6.07) is 17.3. The Morgan fingerprint density at radius 2 is 2.00 bits per heavy atom. The van der Waals surface area contributed by atoms with E-state index in [0.717, 1.165) is 31.0 Å². The van der Waals surface area contributed by atoms with E-state index in [1.165, 1.54) is 11.6 Å². The maximum absolute atomic E-state index is 13.2. The molecule has 1 aliphatic heterocycles. The minimum atomic E-state index is -0.204. The molecule has 128 valence electrons. The van der Waals surface area contributed by atoms with E-state index < -0.39 is 0 Å². The van der Waals surface area contributed by atoms with Crippen LogP contribution in [-0.2, 0) is 6.54 Å². The lowest BCUT2D eigenvalue weighted by atomic mass is 9.99. The Kier molecular flexibility index (Phi) is 7.02. The molecular formula is C19H23FIN3. The van der Waals surface area contributed by atoms with Gasteiger partial charge in [0.25, 0.3) is 0 Å². The molecule has 0 aromatic heterocycles. The van der Waals surface area contributed by atoms with Crippen LogP contribution in [0.2, 0.25) is 0 Å². The topological polar surface area (TPSA) is 27.6 Å². The molecule has 0 amide bonds. The van der Waals surface area contributed by atoms with Crippen molar-refractivity contribution in [3.8, 4) is 0 Å². The summed E-state index contributed by atoms with van der Waals surface area (Å²) in [7, 11) is 1.80. The summed E-state index contributed by atoms with van der Waals surface area (Å²) in [5.41, 5.74) is 2.31. The summed E-state index contributed by atoms with van der Waals surface area (Å²) >= 11 is 0. The molecule has 2 aromatic carbocycles. The summed E-state index contributed by atoms with van der Waals surface area (Å²) < 4.78 is 13.2. The van der Waals surface area contributed by atoms with Crippen molar-refractivity contribution in [1.82, 2.24) is 10.2 Å². The zero-order valence-electron chi connectivity index (χ0n) is 13.8. The Hall–Kier alpha value is -1.63. The zero-order chi connectivity index (χ0) is 16.1. The fourth-order valence-electron chi connectivity index (χ4n) is 3.11. The molecule has 3 nitrogen and oxygen atoms in total. The molecule has 0 spiro atoms. The number of guanidine groups is 1. The van der Waals surface area contributed by atoms with Crippen LogP contribution in [0.5, 0.6) is 0 Å². The highest BCUT2D eigenvalue weighted by molar-refractivity contribution is 14.0. The summed E-state index contributed by atoms with van der Waals surface area (Å²) in [4.78, 5) is 6.65. The molecule has 0 aliphatic carbocycles. The molecule has 1 heterocycles. The van der Waals surface area contributed by atoms with Crippen molar-refractivity contribution in [2.24, 2.45) is 4.99 Å². The first-order valence-electron chi connectivity index (χ1n) is 8.01. The first-order valence-corrected chi connectivity index (χ1v) is 8.01. The van der Waals surface area contributed by atoms with Gasteiger partial charge in [-0.15, -0.1) is 24.0 Å². The van der Waals surface area contributed by atoms with E-state index in [4.69, 9.17) is 0 Å². The van der Waals surface area contributed by atoms with Crippen LogP contribution in [0.4, 0.5) is 4.39 Å². The van der Waals surface area contributed by atoms with Gasteiger partial charge in [-0.05, 0) is 29.7 Å². The van der Waals surface area contributed by atoms with Crippen molar-refractivity contribution in [2.45, 2.75) is 18.9 Å². The summed E-state index contributed by atoms with van der Waals surface area (Å²) in [5, 5.41) is 3.34. The molecule has 0 saturated carbocycles. The molecular weight excluding hydrogens is 416 g/mol. The van der Waals surface area contributed by atoms with E-state index >= 15 is 0 Å². The highest BCUT2D eigenvalue weighted by Crippen LogP contribution is 2.26. The molecule has 5 heteroatoms. The highest BCUT2D eigenvalue weighted by atomic mass is 127. The van der Waals surface area contributed by atoms with E-state index in [-0.39, 0.29) is 29.8 Å². The molecule has 24 heavy (non-hydrogen) atoms. The van der Waals surface area contributed by atoms with Gasteiger partial charge in [0.05, 0.1) is 0 Å². The Morgan fingerprint density at radius 3 is 2.71 bits per heavy atom. The summed E-state index contributed by atoms with van der Waals surface area (Å²) in [5.74, 6) is 1.22. The van der Waals surface area contributed by atoms with Gasteiger partial charge < -0.3 is 10.2 Å². The minimum absolute atomic E-state index is 0. The number of nitrogens with zero attached hydrogens (tertiary/aromatic N) is 2. The third-order valence-corrected chi connectivity index (χ3v) is 4.31. The Labute approximate surface area is 160 Å². The summed E-state index contributed by atoms with van der Waals surface area (Å²) in [6.07, 6.45) is 1.13. The monoisotopic (exact) mass is 439 g/mol. The van der Waals surface area contributed by atoms with Gasteiger partial charge >= 0.3 is 0 Å². The quantitative estimate of drug-likeness (QED) is 0.445. The molecule has 1 saturated heterocycles. The van der Waals surface area contributed by atoms with Crippen molar-refractivity contribution in [1.29, 1.82) is 0 Å². The lowest BCUT2D eigenvalue weighted by molar-refractivity contribution is 0.485. The molecule has 0 radical (unpaired) electrons. The SMILES string of the molecule is CN=C(NCc1cccc(F)c1)N1CCC(c2ccccc2)C1.I. The van der Waals surface area contributed by atoms with Crippen LogP contribution in [0, 0.1) is 5.82 Å². The number of aliphatic imine (C=N–C) groups is 1. The lowest BCUT2D eigenvalue weighted by Crippen LogP contribution is -2.39. The maximum Gasteiger partial charge on any atom is 0.193 e. The van der Waals surface area contributed by atoms with Crippen molar-refractivity contribution in [3.05, 3.63) is 71.5 Å². The lowest BCUT2D eigenvalue weighted by Gasteiger charge is -2.22. The third kappa shape index (κ3) is 4.69. The van der Waals surface area contributed by atoms with Crippen LogP contribution in [-0.4, -0.2) is 31.0 Å². The maximum atomic E-state index is 13.2. The second kappa shape index (κ2) is 9.01. The van der Waals surface area contributed by atoms with Gasteiger partial charge in [0.1, 0.15) is 5.82 Å². The van der Waals surface area contributed by atoms with E-state index in [9.17, 15) is 4.39 Å². The molecule has 0 bridgehead atoms. The van der Waals surface area contributed by atoms with Crippen LogP contribution in [0.25, 0.3) is 0 Å². The number of hydrogen-bond acceptors (Lipinski definition) is 1.